The number of carbonyl (C=O) groups excluding carboxylic acids is 2. The number of hydrogen-bond acceptors (Lipinski definition) is 4. The summed E-state index contributed by atoms with van der Waals surface area (Å²) in [5, 5.41) is 12.2. The van der Waals surface area contributed by atoms with Crippen LogP contribution in [-0.4, -0.2) is 35.4 Å². The van der Waals surface area contributed by atoms with Gasteiger partial charge in [0, 0.05) is 48.0 Å². The van der Waals surface area contributed by atoms with E-state index in [2.05, 4.69) is 89.6 Å². The predicted octanol–water partition coefficient (Wildman–Crippen LogP) is 6.33. The van der Waals surface area contributed by atoms with Gasteiger partial charge in [-0.15, -0.1) is 0 Å². The minimum absolute atomic E-state index is 0.0917. The molecular formula is C34H45NO3. The molecule has 0 spiro atoms. The molecule has 0 amide bonds. The monoisotopic (exact) mass is 515 g/mol. The first-order chi connectivity index (χ1) is 17.7. The molecule has 1 N–H and O–H groups in total. The molecule has 204 valence electrons. The predicted molar refractivity (Wildman–Crippen MR) is 153 cm³/mol. The Bertz CT molecular complexity index is 1210. The van der Waals surface area contributed by atoms with Crippen LogP contribution in [0.5, 0.6) is 0 Å². The zero-order chi connectivity index (χ0) is 27.6. The average Bonchev–Trinajstić information content (AvgIpc) is 3.12. The lowest BCUT2D eigenvalue weighted by atomic mass is 9.46. The van der Waals surface area contributed by atoms with E-state index in [1.807, 2.05) is 0 Å². The van der Waals surface area contributed by atoms with Crippen molar-refractivity contribution in [2.75, 3.05) is 11.9 Å². The van der Waals surface area contributed by atoms with E-state index >= 15 is 0 Å². The summed E-state index contributed by atoms with van der Waals surface area (Å²) in [6.45, 7) is 12.9. The molecule has 4 aliphatic rings. The molecule has 4 aliphatic carbocycles. The van der Waals surface area contributed by atoms with Crippen molar-refractivity contribution >= 4 is 17.3 Å². The van der Waals surface area contributed by atoms with Crippen LogP contribution in [0.25, 0.3) is 0 Å². The van der Waals surface area contributed by atoms with Gasteiger partial charge in [-0.05, 0) is 114 Å². The number of allylic oxidation sites excluding steroid dienone is 1. The number of nitrogens with zero attached hydrogens (tertiary/aromatic N) is 1. The zero-order valence-electron chi connectivity index (χ0n) is 24.3. The highest BCUT2D eigenvalue weighted by molar-refractivity contribution is 6.05. The van der Waals surface area contributed by atoms with E-state index in [-0.39, 0.29) is 40.7 Å². The van der Waals surface area contributed by atoms with Gasteiger partial charge in [-0.3, -0.25) is 9.59 Å². The van der Waals surface area contributed by atoms with Crippen LogP contribution in [0.3, 0.4) is 0 Å². The fourth-order valence-electron chi connectivity index (χ4n) is 8.21. The van der Waals surface area contributed by atoms with Crippen molar-refractivity contribution in [2.45, 2.75) is 97.6 Å². The molecule has 0 saturated heterocycles. The summed E-state index contributed by atoms with van der Waals surface area (Å²) in [6.07, 6.45) is 5.84. The minimum atomic E-state index is -1.06. The Kier molecular flexibility index (Phi) is 6.71. The molecule has 5 rings (SSSR count). The number of carbonyl (C=O) groups is 2. The van der Waals surface area contributed by atoms with Crippen molar-refractivity contribution in [1.29, 1.82) is 0 Å². The van der Waals surface area contributed by atoms with Crippen LogP contribution in [0.1, 0.15) is 91.5 Å². The maximum absolute atomic E-state index is 13.5. The minimum Gasteiger partial charge on any atom is -0.377 e. The number of hydrogen-bond donors (Lipinski definition) is 1. The van der Waals surface area contributed by atoms with Crippen LogP contribution in [0.4, 0.5) is 5.69 Å². The number of fused-ring (bicyclic) bond motifs is 5. The van der Waals surface area contributed by atoms with Gasteiger partial charge in [0.1, 0.15) is 5.60 Å². The number of rotatable bonds is 3. The van der Waals surface area contributed by atoms with Gasteiger partial charge in [0.2, 0.25) is 0 Å². The summed E-state index contributed by atoms with van der Waals surface area (Å²) < 4.78 is 0. The molecule has 0 aromatic heterocycles. The van der Waals surface area contributed by atoms with Gasteiger partial charge >= 0.3 is 0 Å². The van der Waals surface area contributed by atoms with Gasteiger partial charge in [0.05, 0.1) is 0 Å². The zero-order valence-corrected chi connectivity index (χ0v) is 24.3. The van der Waals surface area contributed by atoms with Crippen molar-refractivity contribution in [3.8, 4) is 11.8 Å². The SMILES string of the molecule is CC(C)N(C)c1ccc([C@H]2C[C@@]3(C)[C@@H](CC[C@@]3(O)C#CC(C)(C)C)[C@@H]3CC(=O)C4=CC(=O)CC[C@@H]4[C@H]32)cc1. The maximum Gasteiger partial charge on any atom is 0.159 e. The highest BCUT2D eigenvalue weighted by atomic mass is 16.3. The third kappa shape index (κ3) is 4.45. The number of aliphatic hydroxyl groups is 1. The molecule has 38 heavy (non-hydrogen) atoms. The molecule has 7 atom stereocenters. The molecule has 4 nitrogen and oxygen atoms in total. The number of benzene rings is 1. The molecule has 0 unspecified atom stereocenters. The van der Waals surface area contributed by atoms with Crippen molar-refractivity contribution in [2.24, 2.45) is 34.5 Å². The largest absolute Gasteiger partial charge is 0.377 e. The first kappa shape index (κ1) is 27.2. The summed E-state index contributed by atoms with van der Waals surface area (Å²) in [4.78, 5) is 28.0. The lowest BCUT2D eigenvalue weighted by molar-refractivity contribution is -0.132. The molecule has 4 heteroatoms. The number of anilines is 1. The van der Waals surface area contributed by atoms with Crippen LogP contribution >= 0.6 is 0 Å². The quantitative estimate of drug-likeness (QED) is 0.478. The van der Waals surface area contributed by atoms with E-state index in [9.17, 15) is 14.7 Å². The molecule has 0 radical (unpaired) electrons. The number of ketones is 2. The molecule has 3 fully saturated rings. The second kappa shape index (κ2) is 9.37. The Labute approximate surface area is 229 Å². The van der Waals surface area contributed by atoms with Gasteiger partial charge < -0.3 is 10.0 Å². The third-order valence-corrected chi connectivity index (χ3v) is 10.5. The van der Waals surface area contributed by atoms with Gasteiger partial charge in [0.25, 0.3) is 0 Å². The van der Waals surface area contributed by atoms with Crippen molar-refractivity contribution < 1.29 is 14.7 Å². The lowest BCUT2D eigenvalue weighted by Gasteiger charge is -2.57. The summed E-state index contributed by atoms with van der Waals surface area (Å²) in [7, 11) is 2.12. The molecule has 1 aromatic rings. The van der Waals surface area contributed by atoms with Crippen molar-refractivity contribution in [3.05, 3.63) is 41.5 Å². The normalized spacial score (nSPS) is 36.6. The molecule has 1 aromatic carbocycles. The fraction of sp³-hybridized carbons (Fsp3) is 0.647. The summed E-state index contributed by atoms with van der Waals surface area (Å²) in [5.41, 5.74) is 1.60. The lowest BCUT2D eigenvalue weighted by Crippen LogP contribution is -2.56. The summed E-state index contributed by atoms with van der Waals surface area (Å²) in [6, 6.07) is 9.37. The topological polar surface area (TPSA) is 57.6 Å². The molecular weight excluding hydrogens is 470 g/mol. The van der Waals surface area contributed by atoms with Crippen molar-refractivity contribution in [3.63, 3.8) is 0 Å². The molecule has 0 bridgehead atoms. The van der Waals surface area contributed by atoms with Crippen molar-refractivity contribution in [1.82, 2.24) is 0 Å². The highest BCUT2D eigenvalue weighted by Crippen LogP contribution is 2.67. The third-order valence-electron chi connectivity index (χ3n) is 10.5. The van der Waals surface area contributed by atoms with E-state index in [4.69, 9.17) is 0 Å². The Morgan fingerprint density at radius 2 is 1.76 bits per heavy atom. The van der Waals surface area contributed by atoms with E-state index in [1.54, 1.807) is 6.08 Å². The maximum atomic E-state index is 13.5. The van der Waals surface area contributed by atoms with E-state index in [1.165, 1.54) is 11.3 Å². The van der Waals surface area contributed by atoms with Crippen LogP contribution in [0, 0.1) is 46.3 Å². The Balaban J connectivity index is 1.60. The van der Waals surface area contributed by atoms with E-state index in [0.29, 0.717) is 31.2 Å². The first-order valence-electron chi connectivity index (χ1n) is 14.6. The van der Waals surface area contributed by atoms with Gasteiger partial charge in [-0.2, -0.15) is 0 Å². The van der Waals surface area contributed by atoms with E-state index in [0.717, 1.165) is 24.8 Å². The molecule has 0 heterocycles. The van der Waals surface area contributed by atoms with Crippen LogP contribution in [-0.2, 0) is 9.59 Å². The average molecular weight is 516 g/mol. The fourth-order valence-corrected chi connectivity index (χ4v) is 8.21. The Morgan fingerprint density at radius 1 is 1.08 bits per heavy atom. The van der Waals surface area contributed by atoms with Crippen LogP contribution in [0.15, 0.2) is 35.9 Å². The highest BCUT2D eigenvalue weighted by Gasteiger charge is 2.65. The second-order valence-corrected chi connectivity index (χ2v) is 14.1. The Morgan fingerprint density at radius 3 is 2.39 bits per heavy atom. The van der Waals surface area contributed by atoms with Gasteiger partial charge in [-0.1, -0.05) is 30.9 Å². The molecule has 0 aliphatic heterocycles. The molecule has 3 saturated carbocycles. The van der Waals surface area contributed by atoms with Crippen LogP contribution in [0.2, 0.25) is 0 Å². The standard InChI is InChI=1S/C34H45NO3/c1-21(2)35(7)23-10-8-22(9-11-23)28-20-33(6)29(14-15-34(33,38)17-16-32(3,4)5)27-19-30(37)26-18-24(36)12-13-25(26)31(27)28/h8-11,18,21,25,27-29,31,38H,12-15,19-20H2,1-7H3/t25-,27-,28+,29-,31+,33-,34+/m0/s1. The second-order valence-electron chi connectivity index (χ2n) is 14.1. The smallest absolute Gasteiger partial charge is 0.159 e. The number of Topliss-reactive ketones (excluding diaryl/α,β-unsaturated/α-hetero) is 1. The van der Waals surface area contributed by atoms with Crippen LogP contribution < -0.4 is 4.90 Å². The van der Waals surface area contributed by atoms with E-state index < -0.39 is 11.0 Å². The summed E-state index contributed by atoms with van der Waals surface area (Å²) >= 11 is 0. The van der Waals surface area contributed by atoms with Gasteiger partial charge in [0.15, 0.2) is 11.6 Å². The first-order valence-corrected chi connectivity index (χ1v) is 14.6. The Hall–Kier alpha value is -2.38. The van der Waals surface area contributed by atoms with Gasteiger partial charge in [-0.25, -0.2) is 0 Å². The summed E-state index contributed by atoms with van der Waals surface area (Å²) in [5.74, 6) is 8.05.